The number of hydrogen-bond donors (Lipinski definition) is 1. The molecule has 0 unspecified atom stereocenters. The predicted octanol–water partition coefficient (Wildman–Crippen LogP) is 6.97. The van der Waals surface area contributed by atoms with Gasteiger partial charge in [0.25, 0.3) is 0 Å². The Hall–Kier alpha value is -4.75. The van der Waals surface area contributed by atoms with E-state index in [0.717, 1.165) is 27.6 Å². The molecule has 4 aromatic carbocycles. The number of benzene rings is 4. The maximum absolute atomic E-state index is 14.2. The maximum atomic E-state index is 14.2. The molecule has 0 saturated carbocycles. The summed E-state index contributed by atoms with van der Waals surface area (Å²) in [6, 6.07) is 29.7. The van der Waals surface area contributed by atoms with Gasteiger partial charge in [0.15, 0.2) is 6.61 Å². The molecule has 0 fully saturated rings. The average molecular weight is 566 g/mol. The number of aromatic nitrogens is 1. The normalized spacial score (nSPS) is 11.7. The summed E-state index contributed by atoms with van der Waals surface area (Å²) in [5.41, 5.74) is 4.45. The summed E-state index contributed by atoms with van der Waals surface area (Å²) in [6.07, 6.45) is -0.477. The summed E-state index contributed by atoms with van der Waals surface area (Å²) in [5.74, 6) is -0.0431. The number of nitrogens with zero attached hydrogens (tertiary/aromatic N) is 1. The minimum absolute atomic E-state index is 0.130. The van der Waals surface area contributed by atoms with Gasteiger partial charge in [-0.3, -0.25) is 0 Å². The van der Waals surface area contributed by atoms with Crippen LogP contribution >= 0.6 is 0 Å². The number of carbonyl (C=O) groups is 1. The summed E-state index contributed by atoms with van der Waals surface area (Å²) in [6.45, 7) is 3.52. The first-order chi connectivity index (χ1) is 20.4. The van der Waals surface area contributed by atoms with E-state index in [4.69, 9.17) is 19.2 Å². The molecule has 7 heteroatoms. The lowest BCUT2D eigenvalue weighted by Crippen LogP contribution is -2.16. The number of aryl methyl sites for hydroxylation is 1. The van der Waals surface area contributed by atoms with Crippen LogP contribution in [0, 0.1) is 12.7 Å². The summed E-state index contributed by atoms with van der Waals surface area (Å²) in [7, 11) is 0. The van der Waals surface area contributed by atoms with Crippen LogP contribution in [0.3, 0.4) is 0 Å². The second-order valence-electron chi connectivity index (χ2n) is 10.2. The van der Waals surface area contributed by atoms with Crippen LogP contribution in [-0.4, -0.2) is 28.8 Å². The third-order valence-electron chi connectivity index (χ3n) is 6.77. The second kappa shape index (κ2) is 13.3. The Balaban J connectivity index is 1.52. The van der Waals surface area contributed by atoms with Gasteiger partial charge in [0, 0.05) is 17.4 Å². The Morgan fingerprint density at radius 2 is 1.55 bits per heavy atom. The quantitative estimate of drug-likeness (QED) is 0.174. The number of ether oxygens (including phenoxy) is 3. The lowest BCUT2D eigenvalue weighted by molar-refractivity contribution is -0.147. The summed E-state index contributed by atoms with van der Waals surface area (Å²) in [4.78, 5) is 17.4. The van der Waals surface area contributed by atoms with E-state index in [9.17, 15) is 14.3 Å². The number of aliphatic hydroxyl groups is 1. The molecule has 0 aliphatic carbocycles. The van der Waals surface area contributed by atoms with Crippen molar-refractivity contribution in [1.82, 2.24) is 4.98 Å². The highest BCUT2D eigenvalue weighted by Gasteiger charge is 2.20. The van der Waals surface area contributed by atoms with Crippen LogP contribution < -0.4 is 9.47 Å². The van der Waals surface area contributed by atoms with E-state index in [-0.39, 0.29) is 31.3 Å². The van der Waals surface area contributed by atoms with E-state index in [2.05, 4.69) is 0 Å². The van der Waals surface area contributed by atoms with E-state index in [1.54, 1.807) is 26.0 Å². The van der Waals surface area contributed by atoms with Crippen molar-refractivity contribution in [1.29, 1.82) is 0 Å². The van der Waals surface area contributed by atoms with Crippen molar-refractivity contribution in [3.8, 4) is 22.8 Å². The smallest absolute Gasteiger partial charge is 0.344 e. The molecule has 0 radical (unpaired) electrons. The molecule has 0 saturated heterocycles. The van der Waals surface area contributed by atoms with Crippen molar-refractivity contribution in [3.05, 3.63) is 125 Å². The molecule has 0 aliphatic rings. The van der Waals surface area contributed by atoms with Crippen molar-refractivity contribution < 1.29 is 28.5 Å². The van der Waals surface area contributed by atoms with Crippen LogP contribution in [-0.2, 0) is 29.2 Å². The molecule has 1 N–H and O–H groups in total. The van der Waals surface area contributed by atoms with Gasteiger partial charge in [-0.05, 0) is 71.8 Å². The molecule has 214 valence electrons. The van der Waals surface area contributed by atoms with Crippen LogP contribution in [0.2, 0.25) is 0 Å². The van der Waals surface area contributed by atoms with E-state index < -0.39 is 12.1 Å². The molecule has 42 heavy (non-hydrogen) atoms. The molecule has 6 nitrogen and oxygen atoms in total. The lowest BCUT2D eigenvalue weighted by Gasteiger charge is -2.18. The highest BCUT2D eigenvalue weighted by molar-refractivity contribution is 6.01. The first-order valence-electron chi connectivity index (χ1n) is 13.8. The van der Waals surface area contributed by atoms with Crippen molar-refractivity contribution in [3.63, 3.8) is 0 Å². The molecular weight excluding hydrogens is 533 g/mol. The Morgan fingerprint density at radius 3 is 2.21 bits per heavy atom. The van der Waals surface area contributed by atoms with E-state index in [1.165, 1.54) is 6.07 Å². The van der Waals surface area contributed by atoms with Crippen molar-refractivity contribution >= 4 is 16.7 Å². The first-order valence-corrected chi connectivity index (χ1v) is 13.8. The Morgan fingerprint density at radius 1 is 0.857 bits per heavy atom. The fourth-order valence-electron chi connectivity index (χ4n) is 4.71. The minimum atomic E-state index is -0.701. The molecular formula is C35H32FNO5. The van der Waals surface area contributed by atoms with Gasteiger partial charge in [-0.25, -0.2) is 14.2 Å². The van der Waals surface area contributed by atoms with E-state index in [1.807, 2.05) is 78.9 Å². The average Bonchev–Trinajstić information content (AvgIpc) is 3.00. The zero-order chi connectivity index (χ0) is 29.5. The number of esters is 1. The second-order valence-corrected chi connectivity index (χ2v) is 10.2. The van der Waals surface area contributed by atoms with Crippen LogP contribution in [0.4, 0.5) is 4.39 Å². The van der Waals surface area contributed by atoms with Crippen LogP contribution in [0.15, 0.2) is 97.1 Å². The molecule has 1 atom stereocenters. The Kier molecular flexibility index (Phi) is 9.09. The zero-order valence-electron chi connectivity index (χ0n) is 23.5. The zero-order valence-corrected chi connectivity index (χ0v) is 23.5. The highest BCUT2D eigenvalue weighted by Crippen LogP contribution is 2.39. The summed E-state index contributed by atoms with van der Waals surface area (Å²) < 4.78 is 31.6. The predicted molar refractivity (Wildman–Crippen MR) is 160 cm³/mol. The summed E-state index contributed by atoms with van der Waals surface area (Å²) in [5, 5.41) is 11.7. The number of aliphatic hydroxyl groups excluding tert-OH is 1. The molecule has 1 aromatic heterocycles. The number of fused-ring (bicyclic) bond motifs is 1. The SMILES string of the molecule is Cc1cc(-c2c(C[C@H](C)O)nc(OCC(=O)OCc3ccccc3)c3cc(OCc4ccccc4)ccc23)ccc1F. The molecule has 0 spiro atoms. The van der Waals surface area contributed by atoms with Gasteiger partial charge in [0.05, 0.1) is 11.8 Å². The third kappa shape index (κ3) is 7.11. The Labute approximate surface area is 244 Å². The lowest BCUT2D eigenvalue weighted by atomic mass is 9.94. The standard InChI is InChI=1S/C35H32FNO5/c1-23-17-27(13-16-31(23)36)34-29-15-14-28(40-20-25-9-5-3-6-10-25)19-30(29)35(37-32(34)18-24(2)38)42-22-33(39)41-21-26-11-7-4-8-12-26/h3-17,19,24,38H,18,20-22H2,1-2H3/t24-/m0/s1. The Bertz CT molecular complexity index is 1670. The maximum Gasteiger partial charge on any atom is 0.344 e. The van der Waals surface area contributed by atoms with Gasteiger partial charge in [-0.2, -0.15) is 0 Å². The largest absolute Gasteiger partial charge is 0.489 e. The van der Waals surface area contributed by atoms with Crippen LogP contribution in [0.1, 0.15) is 29.3 Å². The number of pyridine rings is 1. The van der Waals surface area contributed by atoms with Crippen molar-refractivity contribution in [2.45, 2.75) is 39.6 Å². The van der Waals surface area contributed by atoms with Crippen molar-refractivity contribution in [2.75, 3.05) is 6.61 Å². The molecule has 1 heterocycles. The van der Waals surface area contributed by atoms with Gasteiger partial charge in [-0.15, -0.1) is 0 Å². The van der Waals surface area contributed by atoms with Crippen LogP contribution in [0.25, 0.3) is 21.9 Å². The monoisotopic (exact) mass is 565 g/mol. The molecule has 5 aromatic rings. The highest BCUT2D eigenvalue weighted by atomic mass is 19.1. The first kappa shape index (κ1) is 28.8. The molecule has 0 amide bonds. The fraction of sp³-hybridized carbons (Fsp3) is 0.200. The van der Waals surface area contributed by atoms with Gasteiger partial charge < -0.3 is 19.3 Å². The van der Waals surface area contributed by atoms with Crippen molar-refractivity contribution in [2.24, 2.45) is 0 Å². The van der Waals surface area contributed by atoms with Gasteiger partial charge in [0.2, 0.25) is 5.88 Å². The minimum Gasteiger partial charge on any atom is -0.489 e. The fourth-order valence-corrected chi connectivity index (χ4v) is 4.71. The molecule has 0 bridgehead atoms. The topological polar surface area (TPSA) is 77.9 Å². The number of carbonyl (C=O) groups excluding carboxylic acids is 1. The van der Waals surface area contributed by atoms with Gasteiger partial charge >= 0.3 is 5.97 Å². The molecule has 5 rings (SSSR count). The van der Waals surface area contributed by atoms with Gasteiger partial charge in [0.1, 0.15) is 24.8 Å². The third-order valence-corrected chi connectivity index (χ3v) is 6.77. The van der Waals surface area contributed by atoms with E-state index in [0.29, 0.717) is 29.0 Å². The molecule has 0 aliphatic heterocycles. The number of rotatable bonds is 11. The van der Waals surface area contributed by atoms with Crippen LogP contribution in [0.5, 0.6) is 11.6 Å². The summed E-state index contributed by atoms with van der Waals surface area (Å²) >= 11 is 0. The van der Waals surface area contributed by atoms with Gasteiger partial charge in [-0.1, -0.05) is 66.7 Å². The van der Waals surface area contributed by atoms with E-state index >= 15 is 0 Å². The number of hydrogen-bond acceptors (Lipinski definition) is 6. The number of halogens is 1.